The molecule has 0 fully saturated rings. The van der Waals surface area contributed by atoms with Crippen molar-refractivity contribution in [3.63, 3.8) is 0 Å². The van der Waals surface area contributed by atoms with E-state index in [4.69, 9.17) is 0 Å². The minimum Gasteiger partial charge on any atom is -0.459 e. The zero-order chi connectivity index (χ0) is 9.40. The fourth-order valence-corrected chi connectivity index (χ4v) is 0.818. The van der Waals surface area contributed by atoms with Gasteiger partial charge in [-0.1, -0.05) is 15.9 Å². The fraction of sp³-hybridized carbons (Fsp3) is 0.714. The summed E-state index contributed by atoms with van der Waals surface area (Å²) in [6, 6.07) is 0. The highest BCUT2D eigenvalue weighted by atomic mass is 79.9. The van der Waals surface area contributed by atoms with E-state index in [-0.39, 0.29) is 6.61 Å². The van der Waals surface area contributed by atoms with Gasteiger partial charge in [0.1, 0.15) is 0 Å². The Labute approximate surface area is 79.8 Å². The Balaban J connectivity index is 3.50. The van der Waals surface area contributed by atoms with Gasteiger partial charge in [-0.2, -0.15) is 0 Å². The van der Waals surface area contributed by atoms with Gasteiger partial charge in [0, 0.05) is 11.9 Å². The molecule has 0 aromatic rings. The van der Waals surface area contributed by atoms with E-state index in [0.717, 1.165) is 11.8 Å². The Hall–Kier alpha value is -0.580. The third-order valence-corrected chi connectivity index (χ3v) is 1.62. The van der Waals surface area contributed by atoms with Gasteiger partial charge in [-0.25, -0.2) is 4.79 Å². The molecule has 0 spiro atoms. The summed E-state index contributed by atoms with van der Waals surface area (Å²) < 4.78 is 4.47. The smallest absolute Gasteiger partial charge is 0.396 e. The van der Waals surface area contributed by atoms with Gasteiger partial charge in [0.2, 0.25) is 0 Å². The van der Waals surface area contributed by atoms with Crippen molar-refractivity contribution in [3.05, 3.63) is 0 Å². The highest BCUT2D eigenvalue weighted by molar-refractivity contribution is 9.09. The molecule has 0 aromatic heterocycles. The van der Waals surface area contributed by atoms with Crippen LogP contribution in [0, 0.1) is 0 Å². The van der Waals surface area contributed by atoms with E-state index < -0.39 is 11.9 Å². The summed E-state index contributed by atoms with van der Waals surface area (Å²) in [7, 11) is 0. The van der Waals surface area contributed by atoms with Gasteiger partial charge < -0.3 is 10.1 Å². The SMILES string of the molecule is CCOC(=O)C(=O)NCCCBr. The number of alkyl halides is 1. The van der Waals surface area contributed by atoms with Crippen molar-refractivity contribution >= 4 is 27.8 Å². The monoisotopic (exact) mass is 237 g/mol. The Morgan fingerprint density at radius 3 is 2.67 bits per heavy atom. The van der Waals surface area contributed by atoms with Crippen LogP contribution in [0.4, 0.5) is 0 Å². The zero-order valence-corrected chi connectivity index (χ0v) is 8.52. The average molecular weight is 238 g/mol. The van der Waals surface area contributed by atoms with Crippen LogP contribution in [-0.4, -0.2) is 30.4 Å². The van der Waals surface area contributed by atoms with Crippen molar-refractivity contribution in [2.45, 2.75) is 13.3 Å². The first-order valence-corrected chi connectivity index (χ1v) is 4.85. The minimum atomic E-state index is -0.813. The number of ether oxygens (including phenoxy) is 1. The molecule has 1 N–H and O–H groups in total. The van der Waals surface area contributed by atoms with E-state index in [9.17, 15) is 9.59 Å². The molecule has 0 aliphatic heterocycles. The van der Waals surface area contributed by atoms with Crippen LogP contribution in [0.2, 0.25) is 0 Å². The summed E-state index contributed by atoms with van der Waals surface area (Å²) in [5.41, 5.74) is 0. The van der Waals surface area contributed by atoms with Crippen molar-refractivity contribution in [1.29, 1.82) is 0 Å². The summed E-state index contributed by atoms with van der Waals surface area (Å²) >= 11 is 3.20. The third kappa shape index (κ3) is 5.12. The Bertz CT molecular complexity index is 161. The molecule has 1 amide bonds. The average Bonchev–Trinajstić information content (AvgIpc) is 2.05. The lowest BCUT2D eigenvalue weighted by molar-refractivity contribution is -0.154. The normalized spacial score (nSPS) is 9.17. The number of hydrogen-bond donors (Lipinski definition) is 1. The van der Waals surface area contributed by atoms with Crippen LogP contribution in [0.3, 0.4) is 0 Å². The predicted molar refractivity (Wildman–Crippen MR) is 48.1 cm³/mol. The topological polar surface area (TPSA) is 55.4 Å². The molecule has 70 valence electrons. The number of carbonyl (C=O) groups is 2. The molecule has 0 saturated carbocycles. The van der Waals surface area contributed by atoms with Crippen molar-refractivity contribution < 1.29 is 14.3 Å². The van der Waals surface area contributed by atoms with Gasteiger partial charge in [-0.15, -0.1) is 0 Å². The second-order valence-corrected chi connectivity index (χ2v) is 2.81. The molecule has 0 saturated heterocycles. The summed E-state index contributed by atoms with van der Waals surface area (Å²) in [6.45, 7) is 2.37. The number of esters is 1. The lowest BCUT2D eigenvalue weighted by Gasteiger charge is -2.02. The van der Waals surface area contributed by atoms with E-state index >= 15 is 0 Å². The molecule has 0 atom stereocenters. The molecule has 0 radical (unpaired) electrons. The zero-order valence-electron chi connectivity index (χ0n) is 6.93. The maximum atomic E-state index is 10.8. The van der Waals surface area contributed by atoms with Crippen LogP contribution in [-0.2, 0) is 14.3 Å². The first-order chi connectivity index (χ1) is 5.72. The Kier molecular flexibility index (Phi) is 6.75. The summed E-state index contributed by atoms with van der Waals surface area (Å²) in [5.74, 6) is -1.48. The Morgan fingerprint density at radius 2 is 2.17 bits per heavy atom. The van der Waals surface area contributed by atoms with Gasteiger partial charge in [0.15, 0.2) is 0 Å². The predicted octanol–water partition coefficient (Wildman–Crippen LogP) is 0.451. The quantitative estimate of drug-likeness (QED) is 0.335. The van der Waals surface area contributed by atoms with E-state index in [0.29, 0.717) is 6.54 Å². The number of carbonyl (C=O) groups excluding carboxylic acids is 2. The Morgan fingerprint density at radius 1 is 1.50 bits per heavy atom. The van der Waals surface area contributed by atoms with Crippen LogP contribution in [0.15, 0.2) is 0 Å². The molecule has 4 nitrogen and oxygen atoms in total. The number of rotatable bonds is 4. The minimum absolute atomic E-state index is 0.227. The number of hydrogen-bond acceptors (Lipinski definition) is 3. The number of amides is 1. The van der Waals surface area contributed by atoms with Crippen LogP contribution in [0.1, 0.15) is 13.3 Å². The van der Waals surface area contributed by atoms with Crippen LogP contribution in [0.5, 0.6) is 0 Å². The lowest BCUT2D eigenvalue weighted by atomic mass is 10.4. The standard InChI is InChI=1S/C7H12BrNO3/c1-2-12-7(11)6(10)9-5-3-4-8/h2-5H2,1H3,(H,9,10). The first-order valence-electron chi connectivity index (χ1n) is 3.73. The van der Waals surface area contributed by atoms with Crippen molar-refractivity contribution in [2.75, 3.05) is 18.5 Å². The largest absolute Gasteiger partial charge is 0.459 e. The van der Waals surface area contributed by atoms with Gasteiger partial charge >= 0.3 is 11.9 Å². The number of halogens is 1. The molecular formula is C7H12BrNO3. The van der Waals surface area contributed by atoms with Crippen molar-refractivity contribution in [3.8, 4) is 0 Å². The first kappa shape index (κ1) is 11.4. The molecular weight excluding hydrogens is 226 g/mol. The van der Waals surface area contributed by atoms with E-state index in [2.05, 4.69) is 26.0 Å². The molecule has 0 aliphatic rings. The maximum Gasteiger partial charge on any atom is 0.396 e. The molecule has 0 unspecified atom stereocenters. The third-order valence-electron chi connectivity index (χ3n) is 1.06. The fourth-order valence-electron chi connectivity index (χ4n) is 0.538. The highest BCUT2D eigenvalue weighted by Crippen LogP contribution is 1.85. The second kappa shape index (κ2) is 7.09. The van der Waals surface area contributed by atoms with Gasteiger partial charge in [0.25, 0.3) is 0 Å². The molecule has 0 bridgehead atoms. The molecule has 0 aliphatic carbocycles. The summed E-state index contributed by atoms with van der Waals surface area (Å²) in [4.78, 5) is 21.5. The summed E-state index contributed by atoms with van der Waals surface area (Å²) in [6.07, 6.45) is 0.797. The number of nitrogens with one attached hydrogen (secondary N) is 1. The summed E-state index contributed by atoms with van der Waals surface area (Å²) in [5, 5.41) is 3.23. The van der Waals surface area contributed by atoms with Gasteiger partial charge in [-0.3, -0.25) is 4.79 Å². The van der Waals surface area contributed by atoms with Gasteiger partial charge in [0.05, 0.1) is 6.61 Å². The van der Waals surface area contributed by atoms with Crippen LogP contribution in [0.25, 0.3) is 0 Å². The molecule has 0 rings (SSSR count). The van der Waals surface area contributed by atoms with Gasteiger partial charge in [-0.05, 0) is 13.3 Å². The van der Waals surface area contributed by atoms with E-state index in [1.165, 1.54) is 0 Å². The van der Waals surface area contributed by atoms with E-state index in [1.807, 2.05) is 0 Å². The molecule has 0 aromatic carbocycles. The van der Waals surface area contributed by atoms with Crippen LogP contribution >= 0.6 is 15.9 Å². The molecule has 0 heterocycles. The highest BCUT2D eigenvalue weighted by Gasteiger charge is 2.12. The van der Waals surface area contributed by atoms with Crippen molar-refractivity contribution in [2.24, 2.45) is 0 Å². The van der Waals surface area contributed by atoms with Crippen LogP contribution < -0.4 is 5.32 Å². The lowest BCUT2D eigenvalue weighted by Crippen LogP contribution is -2.33. The second-order valence-electron chi connectivity index (χ2n) is 2.02. The van der Waals surface area contributed by atoms with Crippen molar-refractivity contribution in [1.82, 2.24) is 5.32 Å². The maximum absolute atomic E-state index is 10.8. The molecule has 12 heavy (non-hydrogen) atoms. The molecule has 5 heteroatoms. The van der Waals surface area contributed by atoms with E-state index in [1.54, 1.807) is 6.92 Å².